The maximum absolute atomic E-state index is 11.8. The van der Waals surface area contributed by atoms with Gasteiger partial charge in [0.1, 0.15) is 5.75 Å². The SMILES string of the molecule is COc1cccc(N2CCC(O)(CN3[C@@H](c4ccccc4)C[C@@]4(C)[C@@H](O)[C@H](O)CCC[C@@H]34)CC2)c1. The van der Waals surface area contributed by atoms with Crippen molar-refractivity contribution in [1.82, 2.24) is 4.90 Å². The third-order valence-electron chi connectivity index (χ3n) is 8.99. The molecule has 2 heterocycles. The fraction of sp³-hybridized carbons (Fsp3) is 0.586. The predicted molar refractivity (Wildman–Crippen MR) is 138 cm³/mol. The molecule has 2 aromatic rings. The first-order chi connectivity index (χ1) is 16.8. The maximum atomic E-state index is 11.8. The van der Waals surface area contributed by atoms with Crippen molar-refractivity contribution in [2.24, 2.45) is 5.41 Å². The highest BCUT2D eigenvalue weighted by molar-refractivity contribution is 5.51. The van der Waals surface area contributed by atoms with Crippen LogP contribution in [-0.2, 0) is 0 Å². The molecule has 0 amide bonds. The zero-order chi connectivity index (χ0) is 24.6. The summed E-state index contributed by atoms with van der Waals surface area (Å²) < 4.78 is 5.39. The molecule has 5 atom stereocenters. The number of nitrogens with zero attached hydrogens (tertiary/aromatic N) is 2. The molecule has 0 unspecified atom stereocenters. The second-order valence-corrected chi connectivity index (χ2v) is 11.2. The monoisotopic (exact) mass is 480 g/mol. The van der Waals surface area contributed by atoms with Gasteiger partial charge < -0.3 is 25.0 Å². The molecule has 0 spiro atoms. The summed E-state index contributed by atoms with van der Waals surface area (Å²) in [5, 5.41) is 33.6. The van der Waals surface area contributed by atoms with Crippen LogP contribution in [0.25, 0.3) is 0 Å². The molecule has 6 heteroatoms. The molecule has 2 aliphatic heterocycles. The van der Waals surface area contributed by atoms with Crippen LogP contribution in [0.15, 0.2) is 54.6 Å². The average Bonchev–Trinajstić information content (AvgIpc) is 3.10. The third kappa shape index (κ3) is 4.69. The number of fused-ring (bicyclic) bond motifs is 1. The van der Waals surface area contributed by atoms with Crippen LogP contribution in [0.1, 0.15) is 57.1 Å². The molecule has 3 N–H and O–H groups in total. The van der Waals surface area contributed by atoms with Crippen LogP contribution < -0.4 is 9.64 Å². The minimum atomic E-state index is -0.788. The lowest BCUT2D eigenvalue weighted by Crippen LogP contribution is -2.54. The number of methoxy groups -OCH3 is 1. The van der Waals surface area contributed by atoms with Crippen LogP contribution in [0.3, 0.4) is 0 Å². The number of likely N-dealkylation sites (tertiary alicyclic amines) is 1. The number of ether oxygens (including phenoxy) is 1. The maximum Gasteiger partial charge on any atom is 0.120 e. The lowest BCUT2D eigenvalue weighted by atomic mass is 9.74. The Bertz CT molecular complexity index is 993. The van der Waals surface area contributed by atoms with Gasteiger partial charge in [0.05, 0.1) is 24.9 Å². The van der Waals surface area contributed by atoms with E-state index in [-0.39, 0.29) is 12.1 Å². The van der Waals surface area contributed by atoms with Gasteiger partial charge in [0.2, 0.25) is 0 Å². The largest absolute Gasteiger partial charge is 0.497 e. The summed E-state index contributed by atoms with van der Waals surface area (Å²) in [6, 6.07) is 18.8. The Kier molecular flexibility index (Phi) is 6.83. The highest BCUT2D eigenvalue weighted by Crippen LogP contribution is 2.54. The normalized spacial score (nSPS) is 33.2. The Morgan fingerprint density at radius 2 is 1.74 bits per heavy atom. The van der Waals surface area contributed by atoms with Crippen molar-refractivity contribution in [3.63, 3.8) is 0 Å². The van der Waals surface area contributed by atoms with Crippen molar-refractivity contribution in [1.29, 1.82) is 0 Å². The number of hydrogen-bond acceptors (Lipinski definition) is 6. The summed E-state index contributed by atoms with van der Waals surface area (Å²) in [6.07, 6.45) is 3.18. The molecule has 5 rings (SSSR count). The van der Waals surface area contributed by atoms with Gasteiger partial charge in [-0.05, 0) is 56.2 Å². The van der Waals surface area contributed by atoms with Crippen molar-refractivity contribution < 1.29 is 20.1 Å². The second kappa shape index (κ2) is 9.74. The second-order valence-electron chi connectivity index (χ2n) is 11.2. The molecule has 35 heavy (non-hydrogen) atoms. The highest BCUT2D eigenvalue weighted by atomic mass is 16.5. The van der Waals surface area contributed by atoms with Crippen LogP contribution in [0.5, 0.6) is 5.75 Å². The smallest absolute Gasteiger partial charge is 0.120 e. The van der Waals surface area contributed by atoms with E-state index in [1.165, 1.54) is 5.56 Å². The summed E-state index contributed by atoms with van der Waals surface area (Å²) in [5.74, 6) is 0.847. The number of hydrogen-bond donors (Lipinski definition) is 3. The van der Waals surface area contributed by atoms with Crippen LogP contribution in [0, 0.1) is 5.41 Å². The first kappa shape index (κ1) is 24.6. The first-order valence-electron chi connectivity index (χ1n) is 13.1. The van der Waals surface area contributed by atoms with E-state index in [9.17, 15) is 15.3 Å². The lowest BCUT2D eigenvalue weighted by molar-refractivity contribution is -0.0723. The molecule has 2 saturated heterocycles. The molecule has 0 bridgehead atoms. The van der Waals surface area contributed by atoms with Crippen molar-refractivity contribution in [2.75, 3.05) is 31.6 Å². The number of piperidine rings is 1. The quantitative estimate of drug-likeness (QED) is 0.605. The zero-order valence-corrected chi connectivity index (χ0v) is 21.0. The van der Waals surface area contributed by atoms with Gasteiger partial charge in [-0.2, -0.15) is 0 Å². The van der Waals surface area contributed by atoms with E-state index in [0.717, 1.165) is 43.8 Å². The average molecular weight is 481 g/mol. The summed E-state index contributed by atoms with van der Waals surface area (Å²) in [7, 11) is 1.68. The van der Waals surface area contributed by atoms with E-state index in [4.69, 9.17) is 4.74 Å². The van der Waals surface area contributed by atoms with Gasteiger partial charge in [0, 0.05) is 48.9 Å². The van der Waals surface area contributed by atoms with Crippen LogP contribution in [-0.4, -0.2) is 70.8 Å². The number of benzene rings is 2. The summed E-state index contributed by atoms with van der Waals surface area (Å²) in [5.41, 5.74) is 1.15. The molecule has 0 aromatic heterocycles. The van der Waals surface area contributed by atoms with Gasteiger partial charge in [-0.15, -0.1) is 0 Å². The van der Waals surface area contributed by atoms with E-state index >= 15 is 0 Å². The fourth-order valence-corrected chi connectivity index (χ4v) is 6.89. The lowest BCUT2D eigenvalue weighted by Gasteiger charge is -2.45. The molecular weight excluding hydrogens is 440 g/mol. The molecule has 3 fully saturated rings. The minimum absolute atomic E-state index is 0.117. The Balaban J connectivity index is 1.37. The number of rotatable bonds is 5. The number of β-amino-alcohol motifs (C(OH)–C–C–N with tert-alkyl or cyclic N) is 1. The van der Waals surface area contributed by atoms with Gasteiger partial charge in [0.25, 0.3) is 0 Å². The van der Waals surface area contributed by atoms with Crippen molar-refractivity contribution >= 4 is 5.69 Å². The highest BCUT2D eigenvalue weighted by Gasteiger charge is 2.56. The van der Waals surface area contributed by atoms with Crippen LogP contribution in [0.4, 0.5) is 5.69 Å². The predicted octanol–water partition coefficient (Wildman–Crippen LogP) is 3.75. The van der Waals surface area contributed by atoms with E-state index in [1.807, 2.05) is 18.2 Å². The molecule has 0 radical (unpaired) electrons. The first-order valence-corrected chi connectivity index (χ1v) is 13.1. The van der Waals surface area contributed by atoms with Gasteiger partial charge >= 0.3 is 0 Å². The van der Waals surface area contributed by atoms with Crippen molar-refractivity contribution in [3.8, 4) is 5.75 Å². The van der Waals surface area contributed by atoms with Crippen molar-refractivity contribution in [3.05, 3.63) is 60.2 Å². The van der Waals surface area contributed by atoms with Crippen LogP contribution in [0.2, 0.25) is 0 Å². The number of anilines is 1. The molecule has 6 nitrogen and oxygen atoms in total. The van der Waals surface area contributed by atoms with Crippen LogP contribution >= 0.6 is 0 Å². The van der Waals surface area contributed by atoms with Crippen molar-refractivity contribution in [2.45, 2.75) is 75.3 Å². The van der Waals surface area contributed by atoms with E-state index < -0.39 is 23.2 Å². The molecular formula is C29H40N2O4. The fourth-order valence-electron chi connectivity index (χ4n) is 6.89. The van der Waals surface area contributed by atoms with E-state index in [0.29, 0.717) is 25.8 Å². The Labute approximate surface area is 209 Å². The zero-order valence-electron chi connectivity index (χ0n) is 21.0. The summed E-state index contributed by atoms with van der Waals surface area (Å²) >= 11 is 0. The molecule has 190 valence electrons. The number of aliphatic hydroxyl groups is 3. The van der Waals surface area contributed by atoms with E-state index in [1.54, 1.807) is 7.11 Å². The van der Waals surface area contributed by atoms with Gasteiger partial charge in [-0.3, -0.25) is 4.90 Å². The number of aliphatic hydroxyl groups excluding tert-OH is 2. The molecule has 2 aromatic carbocycles. The summed E-state index contributed by atoms with van der Waals surface area (Å²) in [6.45, 7) is 4.30. The summed E-state index contributed by atoms with van der Waals surface area (Å²) in [4.78, 5) is 4.79. The van der Waals surface area contributed by atoms with Gasteiger partial charge in [-0.25, -0.2) is 0 Å². The standard InChI is InChI=1S/C29H40N2O4/c1-28-19-24(21-8-4-3-5-9-21)31(26(28)13-7-12-25(32)27(28)33)20-29(34)14-16-30(17-15-29)22-10-6-11-23(18-22)35-2/h3-6,8-11,18,24-27,32-34H,7,12-17,19-20H2,1-2H3/t24-,25-,26-,27+,28-/m1/s1. The molecule has 1 saturated carbocycles. The molecule has 3 aliphatic rings. The van der Waals surface area contributed by atoms with Gasteiger partial charge in [-0.1, -0.05) is 43.3 Å². The third-order valence-corrected chi connectivity index (χ3v) is 8.99. The van der Waals surface area contributed by atoms with E-state index in [2.05, 4.69) is 53.1 Å². The topological polar surface area (TPSA) is 76.4 Å². The molecule has 1 aliphatic carbocycles. The minimum Gasteiger partial charge on any atom is -0.497 e. The van der Waals surface area contributed by atoms with Gasteiger partial charge in [0.15, 0.2) is 0 Å². The Hall–Kier alpha value is -2.12. The Morgan fingerprint density at radius 3 is 2.46 bits per heavy atom. The Morgan fingerprint density at radius 1 is 1.00 bits per heavy atom.